The number of allylic oxidation sites excluding steroid dienone is 2. The molecule has 1 aromatic rings. The molecule has 0 amide bonds. The number of carbonyl (C=O) groups excluding carboxylic acids is 1. The van der Waals surface area contributed by atoms with Crippen molar-refractivity contribution in [2.45, 2.75) is 97.9 Å². The number of nitrogens with two attached hydrogens (primary N) is 1. The highest BCUT2D eigenvalue weighted by molar-refractivity contribution is 6.04. The van der Waals surface area contributed by atoms with Crippen LogP contribution in [0.4, 0.5) is 0 Å². The van der Waals surface area contributed by atoms with Crippen molar-refractivity contribution in [1.82, 2.24) is 0 Å². The molecule has 0 saturated heterocycles. The Hall–Kier alpha value is -1.94. The van der Waals surface area contributed by atoms with Crippen LogP contribution < -0.4 is 5.73 Å². The Bertz CT molecular complexity index is 1180. The van der Waals surface area contributed by atoms with Gasteiger partial charge in [-0.15, -0.1) is 0 Å². The summed E-state index contributed by atoms with van der Waals surface area (Å²) in [6.45, 7) is 12.1. The number of aromatic carboxylic acids is 1. The molecule has 4 saturated carbocycles. The molecule has 3 N–H and O–H groups in total. The SMILES string of the molecule is CC1(C)C(c2ccc(C(=O)O)cc2)=CC(=O)C2(C)C1CCC1(C)C2CCC2[C@H]3CCCC3(N)CC[C@]21C. The van der Waals surface area contributed by atoms with Crippen molar-refractivity contribution in [3.63, 3.8) is 0 Å². The van der Waals surface area contributed by atoms with Crippen LogP contribution in [0.25, 0.3) is 5.57 Å². The van der Waals surface area contributed by atoms with E-state index in [4.69, 9.17) is 5.73 Å². The second-order valence-electron chi connectivity index (χ2n) is 14.7. The number of carboxylic acids is 1. The number of hydrogen-bond acceptors (Lipinski definition) is 3. The van der Waals surface area contributed by atoms with E-state index in [0.29, 0.717) is 17.8 Å². The van der Waals surface area contributed by atoms with E-state index < -0.39 is 5.97 Å². The zero-order valence-corrected chi connectivity index (χ0v) is 23.4. The number of fused-ring (bicyclic) bond motifs is 7. The van der Waals surface area contributed by atoms with Gasteiger partial charge in [0, 0.05) is 11.0 Å². The first-order valence-corrected chi connectivity index (χ1v) is 14.7. The molecular weight excluding hydrogens is 458 g/mol. The molecule has 8 atom stereocenters. The third-order valence-corrected chi connectivity index (χ3v) is 13.4. The Labute approximate surface area is 222 Å². The van der Waals surface area contributed by atoms with E-state index in [9.17, 15) is 14.7 Å². The van der Waals surface area contributed by atoms with E-state index in [-0.39, 0.29) is 44.5 Å². The molecule has 6 rings (SSSR count). The van der Waals surface area contributed by atoms with Crippen molar-refractivity contribution >= 4 is 17.3 Å². The van der Waals surface area contributed by atoms with Gasteiger partial charge in [0.1, 0.15) is 0 Å². The highest BCUT2D eigenvalue weighted by Gasteiger charge is 2.70. The zero-order chi connectivity index (χ0) is 26.6. The summed E-state index contributed by atoms with van der Waals surface area (Å²) >= 11 is 0. The van der Waals surface area contributed by atoms with Crippen LogP contribution in [-0.4, -0.2) is 22.4 Å². The van der Waals surface area contributed by atoms with Gasteiger partial charge < -0.3 is 10.8 Å². The third-order valence-electron chi connectivity index (χ3n) is 13.4. The zero-order valence-electron chi connectivity index (χ0n) is 23.4. The van der Waals surface area contributed by atoms with E-state index in [1.54, 1.807) is 12.1 Å². The van der Waals surface area contributed by atoms with Crippen molar-refractivity contribution in [2.75, 3.05) is 0 Å². The Morgan fingerprint density at radius 3 is 2.22 bits per heavy atom. The van der Waals surface area contributed by atoms with Crippen LogP contribution in [0.1, 0.15) is 108 Å². The van der Waals surface area contributed by atoms with Gasteiger partial charge in [0.05, 0.1) is 5.56 Å². The summed E-state index contributed by atoms with van der Waals surface area (Å²) in [6, 6.07) is 7.09. The standard InChI is InChI=1S/C33H45NO3/c1-29(2)24(20-8-10-21(11-9-20)28(36)37)19-27(35)32(5)25(29)14-16-31(4)26(32)13-12-22-23-7-6-15-33(23,34)18-17-30(22,31)3/h8-11,19,22-23,25-26H,6-7,12-18,34H2,1-5H3,(H,36,37)/t22?,23-,25?,26?,30-,31?,32?,33?/m1/s1. The van der Waals surface area contributed by atoms with Gasteiger partial charge in [-0.05, 0) is 121 Å². The lowest BCUT2D eigenvalue weighted by Crippen LogP contribution is -2.68. The molecule has 0 spiro atoms. The van der Waals surface area contributed by atoms with Crippen molar-refractivity contribution in [3.05, 3.63) is 41.5 Å². The normalized spacial score (nSPS) is 46.2. The fourth-order valence-electron chi connectivity index (χ4n) is 11.2. The van der Waals surface area contributed by atoms with Gasteiger partial charge in [-0.25, -0.2) is 4.79 Å². The lowest BCUT2D eigenvalue weighted by atomic mass is 9.33. The van der Waals surface area contributed by atoms with E-state index in [1.807, 2.05) is 18.2 Å². The third kappa shape index (κ3) is 3.11. The van der Waals surface area contributed by atoms with Crippen LogP contribution in [0.5, 0.6) is 0 Å². The fourth-order valence-corrected chi connectivity index (χ4v) is 11.2. The van der Waals surface area contributed by atoms with Crippen molar-refractivity contribution in [1.29, 1.82) is 0 Å². The molecule has 1 aromatic carbocycles. The van der Waals surface area contributed by atoms with Crippen LogP contribution in [-0.2, 0) is 4.79 Å². The molecule has 5 aliphatic carbocycles. The number of rotatable bonds is 2. The van der Waals surface area contributed by atoms with E-state index >= 15 is 0 Å². The van der Waals surface area contributed by atoms with E-state index in [0.717, 1.165) is 30.4 Å². The topological polar surface area (TPSA) is 80.4 Å². The highest BCUT2D eigenvalue weighted by atomic mass is 16.4. The Kier molecular flexibility index (Phi) is 5.35. The maximum absolute atomic E-state index is 14.3. The summed E-state index contributed by atoms with van der Waals surface area (Å²) in [6.07, 6.45) is 12.6. The molecule has 4 heteroatoms. The molecule has 6 unspecified atom stereocenters. The summed E-state index contributed by atoms with van der Waals surface area (Å²) in [5.74, 6) is 1.35. The number of ketones is 1. The number of carboxylic acid groups (broad SMARTS) is 1. The largest absolute Gasteiger partial charge is 0.478 e. The minimum absolute atomic E-state index is 0.0466. The molecule has 0 radical (unpaired) electrons. The van der Waals surface area contributed by atoms with Crippen LogP contribution in [0.15, 0.2) is 30.3 Å². The lowest BCUT2D eigenvalue weighted by molar-refractivity contribution is -0.212. The molecule has 200 valence electrons. The van der Waals surface area contributed by atoms with Gasteiger partial charge >= 0.3 is 5.97 Å². The molecule has 37 heavy (non-hydrogen) atoms. The first-order chi connectivity index (χ1) is 17.3. The van der Waals surface area contributed by atoms with Crippen molar-refractivity contribution in [2.24, 2.45) is 51.1 Å². The van der Waals surface area contributed by atoms with Gasteiger partial charge in [0.15, 0.2) is 5.78 Å². The van der Waals surface area contributed by atoms with Crippen LogP contribution in [0.2, 0.25) is 0 Å². The van der Waals surface area contributed by atoms with Crippen LogP contribution in [0, 0.1) is 45.3 Å². The maximum atomic E-state index is 14.3. The van der Waals surface area contributed by atoms with Gasteiger partial charge in [-0.1, -0.05) is 53.2 Å². The predicted molar refractivity (Wildman–Crippen MR) is 147 cm³/mol. The summed E-state index contributed by atoms with van der Waals surface area (Å²) in [7, 11) is 0. The fraction of sp³-hybridized carbons (Fsp3) is 0.697. The molecular formula is C33H45NO3. The predicted octanol–water partition coefficient (Wildman–Crippen LogP) is 7.12. The van der Waals surface area contributed by atoms with Crippen molar-refractivity contribution in [3.8, 4) is 0 Å². The Morgan fingerprint density at radius 2 is 1.54 bits per heavy atom. The van der Waals surface area contributed by atoms with Gasteiger partial charge in [-0.3, -0.25) is 4.79 Å². The molecule has 0 bridgehead atoms. The molecule has 4 nitrogen and oxygen atoms in total. The van der Waals surface area contributed by atoms with Crippen LogP contribution in [0.3, 0.4) is 0 Å². The smallest absolute Gasteiger partial charge is 0.335 e. The molecule has 5 aliphatic rings. The molecule has 0 aromatic heterocycles. The van der Waals surface area contributed by atoms with Crippen molar-refractivity contribution < 1.29 is 14.7 Å². The second kappa shape index (κ2) is 7.81. The summed E-state index contributed by atoms with van der Waals surface area (Å²) in [4.78, 5) is 25.7. The first kappa shape index (κ1) is 25.3. The van der Waals surface area contributed by atoms with E-state index in [2.05, 4.69) is 34.6 Å². The van der Waals surface area contributed by atoms with E-state index in [1.165, 1.54) is 38.5 Å². The molecule has 4 fully saturated rings. The van der Waals surface area contributed by atoms with Gasteiger partial charge in [0.25, 0.3) is 0 Å². The average molecular weight is 504 g/mol. The minimum Gasteiger partial charge on any atom is -0.478 e. The lowest BCUT2D eigenvalue weighted by Gasteiger charge is -2.71. The number of benzene rings is 1. The molecule has 0 aliphatic heterocycles. The minimum atomic E-state index is -0.921. The first-order valence-electron chi connectivity index (χ1n) is 14.7. The quantitative estimate of drug-likeness (QED) is 0.450. The van der Waals surface area contributed by atoms with Gasteiger partial charge in [-0.2, -0.15) is 0 Å². The average Bonchev–Trinajstić information content (AvgIpc) is 3.24. The Morgan fingerprint density at radius 1 is 0.838 bits per heavy atom. The van der Waals surface area contributed by atoms with Crippen LogP contribution >= 0.6 is 0 Å². The number of carbonyl (C=O) groups is 2. The highest BCUT2D eigenvalue weighted by Crippen LogP contribution is 2.75. The maximum Gasteiger partial charge on any atom is 0.335 e. The monoisotopic (exact) mass is 503 g/mol. The summed E-state index contributed by atoms with van der Waals surface area (Å²) in [5.41, 5.74) is 9.24. The van der Waals surface area contributed by atoms with Gasteiger partial charge in [0.2, 0.25) is 0 Å². The summed E-state index contributed by atoms with van der Waals surface area (Å²) in [5, 5.41) is 9.35. The Balaban J connectivity index is 1.40. The summed E-state index contributed by atoms with van der Waals surface area (Å²) < 4.78 is 0. The second-order valence-corrected chi connectivity index (χ2v) is 14.7. The molecule has 0 heterocycles. The number of hydrogen-bond donors (Lipinski definition) is 2.